The number of thiophene rings is 1. The highest BCUT2D eigenvalue weighted by Gasteiger charge is 2.27. The number of carbonyl (C=O) groups excluding carboxylic acids is 1. The third kappa shape index (κ3) is 5.66. The fourth-order valence-electron chi connectivity index (χ4n) is 2.93. The van der Waals surface area contributed by atoms with Crippen molar-refractivity contribution in [2.45, 2.75) is 30.3 Å². The van der Waals surface area contributed by atoms with E-state index < -0.39 is 10.0 Å². The largest absolute Gasteiger partial charge is 0.348 e. The lowest BCUT2D eigenvalue weighted by Crippen LogP contribution is -2.25. The molecule has 160 valence electrons. The molecule has 1 aromatic heterocycles. The van der Waals surface area contributed by atoms with Crippen molar-refractivity contribution in [1.82, 2.24) is 10.0 Å². The van der Waals surface area contributed by atoms with Crippen LogP contribution >= 0.6 is 11.3 Å². The minimum Gasteiger partial charge on any atom is -0.348 e. The monoisotopic (exact) mass is 456 g/mol. The van der Waals surface area contributed by atoms with E-state index in [1.807, 2.05) is 12.1 Å². The Morgan fingerprint density at radius 2 is 1.81 bits per heavy atom. The summed E-state index contributed by atoms with van der Waals surface area (Å²) in [7, 11) is -3.48. The highest BCUT2D eigenvalue weighted by Crippen LogP contribution is 2.30. The van der Waals surface area contributed by atoms with Crippen molar-refractivity contribution in [3.63, 3.8) is 0 Å². The van der Waals surface area contributed by atoms with E-state index in [2.05, 4.69) is 10.0 Å². The first-order valence-corrected chi connectivity index (χ1v) is 12.1. The van der Waals surface area contributed by atoms with Gasteiger partial charge in [-0.2, -0.15) is 0 Å². The topological polar surface area (TPSA) is 75.3 Å². The van der Waals surface area contributed by atoms with Crippen LogP contribution in [0.1, 0.15) is 23.3 Å². The number of amides is 1. The van der Waals surface area contributed by atoms with Crippen LogP contribution < -0.4 is 10.0 Å². The van der Waals surface area contributed by atoms with Crippen LogP contribution in [0.25, 0.3) is 16.5 Å². The van der Waals surface area contributed by atoms with Crippen LogP contribution in [0.3, 0.4) is 0 Å². The van der Waals surface area contributed by atoms with Gasteiger partial charge >= 0.3 is 0 Å². The quantitative estimate of drug-likeness (QED) is 0.496. The molecule has 1 heterocycles. The van der Waals surface area contributed by atoms with Crippen LogP contribution in [0.15, 0.2) is 71.6 Å². The highest BCUT2D eigenvalue weighted by atomic mass is 32.2. The van der Waals surface area contributed by atoms with Crippen molar-refractivity contribution in [1.29, 1.82) is 0 Å². The summed E-state index contributed by atoms with van der Waals surface area (Å²) in [6.45, 7) is 0.282. The predicted molar refractivity (Wildman–Crippen MR) is 120 cm³/mol. The molecule has 0 bridgehead atoms. The molecule has 0 aliphatic heterocycles. The first kappa shape index (κ1) is 21.4. The lowest BCUT2D eigenvalue weighted by atomic mass is 10.2. The van der Waals surface area contributed by atoms with Crippen LogP contribution in [0.4, 0.5) is 4.39 Å². The molecule has 2 N–H and O–H groups in total. The Hall–Kier alpha value is -2.81. The Labute approximate surface area is 184 Å². The average molecular weight is 457 g/mol. The zero-order chi connectivity index (χ0) is 21.8. The van der Waals surface area contributed by atoms with E-state index in [1.165, 1.54) is 35.6 Å². The van der Waals surface area contributed by atoms with Crippen molar-refractivity contribution in [3.05, 3.63) is 83.0 Å². The van der Waals surface area contributed by atoms with Gasteiger partial charge in [-0.25, -0.2) is 17.5 Å². The van der Waals surface area contributed by atoms with Gasteiger partial charge in [-0.05, 0) is 54.8 Å². The zero-order valence-corrected chi connectivity index (χ0v) is 18.2. The van der Waals surface area contributed by atoms with Gasteiger partial charge in [0.15, 0.2) is 0 Å². The van der Waals surface area contributed by atoms with Gasteiger partial charge in [0.25, 0.3) is 0 Å². The summed E-state index contributed by atoms with van der Waals surface area (Å²) in [6.07, 6.45) is 4.87. The summed E-state index contributed by atoms with van der Waals surface area (Å²) in [5.74, 6) is -0.548. The summed E-state index contributed by atoms with van der Waals surface area (Å²) in [6, 6.07) is 16.7. The Morgan fingerprint density at radius 3 is 2.52 bits per heavy atom. The molecular formula is C23H21FN2O3S2. The van der Waals surface area contributed by atoms with Crippen molar-refractivity contribution >= 4 is 33.3 Å². The minimum absolute atomic E-state index is 0.0573. The molecule has 0 radical (unpaired) electrons. The third-order valence-electron chi connectivity index (χ3n) is 4.76. The number of nitrogens with one attached hydrogen (secondary N) is 2. The van der Waals surface area contributed by atoms with Gasteiger partial charge in [0, 0.05) is 34.0 Å². The molecule has 4 rings (SSSR count). The molecule has 0 saturated heterocycles. The molecule has 1 amide bonds. The Balaban J connectivity index is 1.31. The van der Waals surface area contributed by atoms with Gasteiger partial charge in [-0.3, -0.25) is 4.79 Å². The minimum atomic E-state index is -3.48. The molecule has 1 saturated carbocycles. The number of hydrogen-bond donors (Lipinski definition) is 2. The third-order valence-corrected chi connectivity index (χ3v) is 7.38. The summed E-state index contributed by atoms with van der Waals surface area (Å²) in [4.78, 5) is 14.0. The van der Waals surface area contributed by atoms with E-state index in [4.69, 9.17) is 0 Å². The van der Waals surface area contributed by atoms with Crippen molar-refractivity contribution in [3.8, 4) is 10.4 Å². The molecule has 1 fully saturated rings. The molecule has 5 nitrogen and oxygen atoms in total. The zero-order valence-electron chi connectivity index (χ0n) is 16.5. The van der Waals surface area contributed by atoms with E-state index in [0.29, 0.717) is 5.56 Å². The average Bonchev–Trinajstić information content (AvgIpc) is 3.43. The van der Waals surface area contributed by atoms with Gasteiger partial charge in [0.2, 0.25) is 15.9 Å². The standard InChI is InChI=1S/C23H21FN2O3S2/c24-21-4-2-1-3-20(21)22-13-9-18(30-22)10-14-23(27)25-15-16-5-11-19(12-6-16)31(28,29)26-17-7-8-17/h1-6,9-14,17,26H,7-8,15H2,(H,25,27)/b14-10+. The van der Waals surface area contributed by atoms with Crippen LogP contribution in [-0.4, -0.2) is 20.4 Å². The lowest BCUT2D eigenvalue weighted by Gasteiger charge is -2.07. The first-order valence-electron chi connectivity index (χ1n) is 9.83. The Kier molecular flexibility index (Phi) is 6.31. The molecule has 0 atom stereocenters. The fourth-order valence-corrected chi connectivity index (χ4v) is 5.17. The molecular weight excluding hydrogens is 435 g/mol. The summed E-state index contributed by atoms with van der Waals surface area (Å²) in [5, 5.41) is 2.77. The number of sulfonamides is 1. The summed E-state index contributed by atoms with van der Waals surface area (Å²) < 4.78 is 40.9. The number of halogens is 1. The Bertz CT molecular complexity index is 1210. The van der Waals surface area contributed by atoms with Crippen molar-refractivity contribution in [2.24, 2.45) is 0 Å². The number of hydrogen-bond acceptors (Lipinski definition) is 4. The molecule has 2 aromatic carbocycles. The maximum atomic E-state index is 13.9. The van der Waals surface area contributed by atoms with Gasteiger partial charge in [-0.15, -0.1) is 11.3 Å². The molecule has 8 heteroatoms. The maximum Gasteiger partial charge on any atom is 0.244 e. The maximum absolute atomic E-state index is 13.9. The molecule has 3 aromatic rings. The molecule has 31 heavy (non-hydrogen) atoms. The lowest BCUT2D eigenvalue weighted by molar-refractivity contribution is -0.116. The van der Waals surface area contributed by atoms with Crippen LogP contribution in [-0.2, 0) is 21.4 Å². The van der Waals surface area contributed by atoms with E-state index >= 15 is 0 Å². The fraction of sp³-hybridized carbons (Fsp3) is 0.174. The second kappa shape index (κ2) is 9.13. The molecule has 0 unspecified atom stereocenters. The van der Waals surface area contributed by atoms with Crippen LogP contribution in [0.5, 0.6) is 0 Å². The number of rotatable bonds is 8. The van der Waals surface area contributed by atoms with E-state index in [9.17, 15) is 17.6 Å². The summed E-state index contributed by atoms with van der Waals surface area (Å²) in [5.41, 5.74) is 1.33. The van der Waals surface area contributed by atoms with Gasteiger partial charge in [0.1, 0.15) is 5.82 Å². The normalized spacial score (nSPS) is 14.1. The number of benzene rings is 2. The smallest absolute Gasteiger partial charge is 0.244 e. The van der Waals surface area contributed by atoms with Crippen molar-refractivity contribution in [2.75, 3.05) is 0 Å². The molecule has 1 aliphatic rings. The SMILES string of the molecule is O=C(/C=C/c1ccc(-c2ccccc2F)s1)NCc1ccc(S(=O)(=O)NC2CC2)cc1. The first-order chi connectivity index (χ1) is 14.9. The van der Waals surface area contributed by atoms with Crippen LogP contribution in [0.2, 0.25) is 0 Å². The molecule has 0 spiro atoms. The van der Waals surface area contributed by atoms with E-state index in [-0.39, 0.29) is 29.2 Å². The van der Waals surface area contributed by atoms with Gasteiger partial charge in [-0.1, -0.05) is 30.3 Å². The van der Waals surface area contributed by atoms with Gasteiger partial charge < -0.3 is 5.32 Å². The van der Waals surface area contributed by atoms with Crippen LogP contribution in [0, 0.1) is 5.82 Å². The predicted octanol–water partition coefficient (Wildman–Crippen LogP) is 4.32. The van der Waals surface area contributed by atoms with E-state index in [0.717, 1.165) is 28.2 Å². The van der Waals surface area contributed by atoms with Crippen molar-refractivity contribution < 1.29 is 17.6 Å². The van der Waals surface area contributed by atoms with E-state index in [1.54, 1.807) is 36.4 Å². The van der Waals surface area contributed by atoms with Gasteiger partial charge in [0.05, 0.1) is 4.90 Å². The highest BCUT2D eigenvalue weighted by molar-refractivity contribution is 7.89. The second-order valence-corrected chi connectivity index (χ2v) is 10.1. The summed E-state index contributed by atoms with van der Waals surface area (Å²) >= 11 is 1.40. The second-order valence-electron chi connectivity index (χ2n) is 7.27. The number of carbonyl (C=O) groups is 1. The molecule has 1 aliphatic carbocycles. The Morgan fingerprint density at radius 1 is 1.06 bits per heavy atom.